The van der Waals surface area contributed by atoms with Gasteiger partial charge in [0.1, 0.15) is 5.75 Å². The van der Waals surface area contributed by atoms with E-state index in [-0.39, 0.29) is 17.9 Å². The molecular weight excluding hydrogens is 344 g/mol. The Hall–Kier alpha value is -1.99. The van der Waals surface area contributed by atoms with E-state index in [9.17, 15) is 9.59 Å². The Balaban J connectivity index is 1.93. The third kappa shape index (κ3) is 4.99. The number of nitrogens with one attached hydrogen (secondary N) is 1. The van der Waals surface area contributed by atoms with Gasteiger partial charge in [-0.3, -0.25) is 14.5 Å². The lowest BCUT2D eigenvalue weighted by atomic mass is 10.0. The Bertz CT molecular complexity index is 643. The molecule has 0 aliphatic carbocycles. The van der Waals surface area contributed by atoms with Crippen LogP contribution < -0.4 is 15.8 Å². The first-order valence-electron chi connectivity index (χ1n) is 8.18. The van der Waals surface area contributed by atoms with E-state index in [1.165, 1.54) is 13.2 Å². The number of anilines is 1. The number of likely N-dealkylation sites (tertiary alicyclic amines) is 1. The van der Waals surface area contributed by atoms with Crippen LogP contribution in [0.3, 0.4) is 0 Å². The number of halogens is 1. The maximum absolute atomic E-state index is 12.5. The summed E-state index contributed by atoms with van der Waals surface area (Å²) in [5.74, 6) is 0.249. The number of amides is 2. The van der Waals surface area contributed by atoms with Gasteiger partial charge >= 0.3 is 0 Å². The van der Waals surface area contributed by atoms with Crippen LogP contribution >= 0.6 is 11.6 Å². The maximum atomic E-state index is 12.5. The van der Waals surface area contributed by atoms with Gasteiger partial charge in [0.15, 0.2) is 0 Å². The average Bonchev–Trinajstić information content (AvgIpc) is 2.58. The van der Waals surface area contributed by atoms with Gasteiger partial charge in [0.2, 0.25) is 5.91 Å². The fraction of sp³-hybridized carbons (Fsp3) is 0.529. The predicted octanol–water partition coefficient (Wildman–Crippen LogP) is 1.21. The molecule has 1 aromatic rings. The van der Waals surface area contributed by atoms with Crippen LogP contribution in [-0.4, -0.2) is 68.5 Å². The summed E-state index contributed by atoms with van der Waals surface area (Å²) in [6.07, 6.45) is 1.58. The summed E-state index contributed by atoms with van der Waals surface area (Å²) in [5, 5.41) is 3.33. The molecule has 1 aliphatic rings. The molecule has 1 fully saturated rings. The van der Waals surface area contributed by atoms with Crippen molar-refractivity contribution in [3.05, 3.63) is 22.7 Å². The van der Waals surface area contributed by atoms with Crippen molar-refractivity contribution in [2.45, 2.75) is 18.9 Å². The number of nitrogen functional groups attached to an aromatic ring is 1. The molecule has 0 saturated carbocycles. The van der Waals surface area contributed by atoms with Gasteiger partial charge in [-0.2, -0.15) is 0 Å². The van der Waals surface area contributed by atoms with Gasteiger partial charge in [-0.25, -0.2) is 0 Å². The van der Waals surface area contributed by atoms with E-state index in [1.807, 2.05) is 0 Å². The third-order valence-corrected chi connectivity index (χ3v) is 4.67. The number of hydrogen-bond donors (Lipinski definition) is 2. The number of methoxy groups -OCH3 is 1. The topological polar surface area (TPSA) is 87.9 Å². The first-order chi connectivity index (χ1) is 11.8. The van der Waals surface area contributed by atoms with Crippen molar-refractivity contribution in [3.63, 3.8) is 0 Å². The standard InChI is InChI=1S/C17H25ClN4O3/c1-21(2)16(23)10-22-6-4-11(5-7-22)20-17(24)12-8-13(18)14(19)9-15(12)25-3/h8-9,11H,4-7,10,19H2,1-3H3,(H,20,24). The Morgan fingerprint density at radius 1 is 1.36 bits per heavy atom. The van der Waals surface area contributed by atoms with E-state index in [0.717, 1.165) is 25.9 Å². The van der Waals surface area contributed by atoms with Crippen molar-refractivity contribution in [1.82, 2.24) is 15.1 Å². The van der Waals surface area contributed by atoms with Gasteiger partial charge in [-0.15, -0.1) is 0 Å². The molecule has 2 amide bonds. The number of nitrogens with zero attached hydrogens (tertiary/aromatic N) is 2. The van der Waals surface area contributed by atoms with E-state index in [0.29, 0.717) is 28.6 Å². The molecule has 1 aliphatic heterocycles. The van der Waals surface area contributed by atoms with Crippen LogP contribution in [0.2, 0.25) is 5.02 Å². The van der Waals surface area contributed by atoms with Crippen LogP contribution in [0.4, 0.5) is 5.69 Å². The molecule has 0 unspecified atom stereocenters. The monoisotopic (exact) mass is 368 g/mol. The van der Waals surface area contributed by atoms with Crippen molar-refractivity contribution >= 4 is 29.1 Å². The highest BCUT2D eigenvalue weighted by molar-refractivity contribution is 6.33. The van der Waals surface area contributed by atoms with Gasteiger partial charge in [0.05, 0.1) is 29.9 Å². The van der Waals surface area contributed by atoms with E-state index < -0.39 is 0 Å². The fourth-order valence-electron chi connectivity index (χ4n) is 2.75. The Labute approximate surface area is 153 Å². The molecule has 0 spiro atoms. The zero-order chi connectivity index (χ0) is 18.6. The smallest absolute Gasteiger partial charge is 0.255 e. The van der Waals surface area contributed by atoms with Crippen LogP contribution in [0.15, 0.2) is 12.1 Å². The van der Waals surface area contributed by atoms with Crippen molar-refractivity contribution in [3.8, 4) is 5.75 Å². The van der Waals surface area contributed by atoms with Crippen LogP contribution in [0, 0.1) is 0 Å². The molecule has 3 N–H and O–H groups in total. The van der Waals surface area contributed by atoms with Gasteiger partial charge in [-0.05, 0) is 18.9 Å². The molecule has 1 heterocycles. The van der Waals surface area contributed by atoms with Crippen molar-refractivity contribution in [2.24, 2.45) is 0 Å². The number of benzene rings is 1. The van der Waals surface area contributed by atoms with Gasteiger partial charge in [-0.1, -0.05) is 11.6 Å². The van der Waals surface area contributed by atoms with Crippen molar-refractivity contribution in [2.75, 3.05) is 46.6 Å². The highest BCUT2D eigenvalue weighted by atomic mass is 35.5. The van der Waals surface area contributed by atoms with Gasteiger partial charge in [0, 0.05) is 39.3 Å². The Morgan fingerprint density at radius 3 is 2.56 bits per heavy atom. The van der Waals surface area contributed by atoms with E-state index in [4.69, 9.17) is 22.1 Å². The molecule has 8 heteroatoms. The lowest BCUT2D eigenvalue weighted by Crippen LogP contribution is -2.47. The van der Waals surface area contributed by atoms with Crippen molar-refractivity contribution in [1.29, 1.82) is 0 Å². The van der Waals surface area contributed by atoms with Crippen LogP contribution in [0.1, 0.15) is 23.2 Å². The summed E-state index contributed by atoms with van der Waals surface area (Å²) in [4.78, 5) is 28.0. The van der Waals surface area contributed by atoms with E-state index in [2.05, 4.69) is 10.2 Å². The number of ether oxygens (including phenoxy) is 1. The molecule has 0 bridgehead atoms. The Kier molecular flexibility index (Phi) is 6.50. The normalized spacial score (nSPS) is 15.7. The van der Waals surface area contributed by atoms with Crippen LogP contribution in [0.25, 0.3) is 0 Å². The fourth-order valence-corrected chi connectivity index (χ4v) is 2.91. The van der Waals surface area contributed by atoms with Gasteiger partial charge < -0.3 is 20.7 Å². The third-order valence-electron chi connectivity index (χ3n) is 4.34. The molecule has 138 valence electrons. The number of piperidine rings is 1. The number of likely N-dealkylation sites (N-methyl/N-ethyl adjacent to an activating group) is 1. The second kappa shape index (κ2) is 8.40. The predicted molar refractivity (Wildman–Crippen MR) is 98.0 cm³/mol. The number of rotatable bonds is 5. The summed E-state index contributed by atoms with van der Waals surface area (Å²) in [6.45, 7) is 1.95. The first-order valence-corrected chi connectivity index (χ1v) is 8.56. The summed E-state index contributed by atoms with van der Waals surface area (Å²) in [5.41, 5.74) is 6.48. The summed E-state index contributed by atoms with van der Waals surface area (Å²) < 4.78 is 5.22. The summed E-state index contributed by atoms with van der Waals surface area (Å²) >= 11 is 6.02. The minimum atomic E-state index is -0.235. The Morgan fingerprint density at radius 2 is 2.00 bits per heavy atom. The summed E-state index contributed by atoms with van der Waals surface area (Å²) in [6, 6.07) is 3.13. The second-order valence-corrected chi connectivity index (χ2v) is 6.79. The number of carbonyl (C=O) groups is 2. The quantitative estimate of drug-likeness (QED) is 0.763. The van der Waals surface area contributed by atoms with E-state index >= 15 is 0 Å². The minimum Gasteiger partial charge on any atom is -0.496 e. The first kappa shape index (κ1) is 19.3. The molecule has 7 nitrogen and oxygen atoms in total. The average molecular weight is 369 g/mol. The van der Waals surface area contributed by atoms with Crippen LogP contribution in [0.5, 0.6) is 5.75 Å². The highest BCUT2D eigenvalue weighted by Crippen LogP contribution is 2.29. The molecule has 0 aromatic heterocycles. The van der Waals surface area contributed by atoms with Gasteiger partial charge in [0.25, 0.3) is 5.91 Å². The largest absolute Gasteiger partial charge is 0.496 e. The lowest BCUT2D eigenvalue weighted by Gasteiger charge is -2.32. The molecule has 25 heavy (non-hydrogen) atoms. The minimum absolute atomic E-state index is 0.0549. The molecular formula is C17H25ClN4O3. The summed E-state index contributed by atoms with van der Waals surface area (Å²) in [7, 11) is 4.99. The molecule has 0 radical (unpaired) electrons. The number of carbonyl (C=O) groups excluding carboxylic acids is 2. The highest BCUT2D eigenvalue weighted by Gasteiger charge is 2.24. The number of hydrogen-bond acceptors (Lipinski definition) is 5. The molecule has 1 saturated heterocycles. The molecule has 1 aromatic carbocycles. The zero-order valence-corrected chi connectivity index (χ0v) is 15.6. The SMILES string of the molecule is COc1cc(N)c(Cl)cc1C(=O)NC1CCN(CC(=O)N(C)C)CC1. The second-order valence-electron chi connectivity index (χ2n) is 6.39. The zero-order valence-electron chi connectivity index (χ0n) is 14.8. The van der Waals surface area contributed by atoms with Crippen molar-refractivity contribution < 1.29 is 14.3 Å². The molecule has 0 atom stereocenters. The lowest BCUT2D eigenvalue weighted by molar-refractivity contribution is -0.130. The van der Waals surface area contributed by atoms with E-state index in [1.54, 1.807) is 25.1 Å². The number of nitrogens with two attached hydrogens (primary N) is 1. The van der Waals surface area contributed by atoms with Crippen LogP contribution in [-0.2, 0) is 4.79 Å². The molecule has 2 rings (SSSR count). The maximum Gasteiger partial charge on any atom is 0.255 e.